The van der Waals surface area contributed by atoms with Crippen LogP contribution < -0.4 is 10.6 Å². The van der Waals surface area contributed by atoms with Crippen molar-refractivity contribution >= 4 is 18.0 Å². The van der Waals surface area contributed by atoms with Crippen LogP contribution in [0.25, 0.3) is 6.58 Å². The molecule has 0 atom stereocenters. The predicted molar refractivity (Wildman–Crippen MR) is 60.1 cm³/mol. The van der Waals surface area contributed by atoms with Crippen LogP contribution in [0.3, 0.4) is 0 Å². The van der Waals surface area contributed by atoms with Gasteiger partial charge in [0.25, 0.3) is 0 Å². The van der Waals surface area contributed by atoms with Gasteiger partial charge < -0.3 is 0 Å². The van der Waals surface area contributed by atoms with Crippen LogP contribution in [0.1, 0.15) is 15.9 Å². The summed E-state index contributed by atoms with van der Waals surface area (Å²) in [6.45, 7) is 3.88. The summed E-state index contributed by atoms with van der Waals surface area (Å²) in [5.41, 5.74) is 1.83. The fourth-order valence-corrected chi connectivity index (χ4v) is 1.83. The molecule has 1 aliphatic rings. The smallest absolute Gasteiger partial charge is 0.198 e. The SMILES string of the molecule is C=c1cccc2c1=Nc1ccncc1C2=O. The fourth-order valence-electron chi connectivity index (χ4n) is 1.83. The van der Waals surface area contributed by atoms with Gasteiger partial charge in [-0.1, -0.05) is 18.7 Å². The van der Waals surface area contributed by atoms with Crippen molar-refractivity contribution in [3.63, 3.8) is 0 Å². The Kier molecular flexibility index (Phi) is 1.74. The third-order valence-corrected chi connectivity index (χ3v) is 2.64. The molecule has 0 N–H and O–H groups in total. The Morgan fingerprint density at radius 3 is 2.88 bits per heavy atom. The molecule has 0 unspecified atom stereocenters. The highest BCUT2D eigenvalue weighted by Gasteiger charge is 2.19. The van der Waals surface area contributed by atoms with Crippen LogP contribution in [0.15, 0.2) is 41.7 Å². The van der Waals surface area contributed by atoms with Gasteiger partial charge >= 0.3 is 0 Å². The van der Waals surface area contributed by atoms with Crippen molar-refractivity contribution in [1.29, 1.82) is 0 Å². The van der Waals surface area contributed by atoms with E-state index >= 15 is 0 Å². The molecule has 3 rings (SSSR count). The van der Waals surface area contributed by atoms with Gasteiger partial charge in [-0.25, -0.2) is 4.99 Å². The van der Waals surface area contributed by atoms with E-state index in [0.717, 1.165) is 5.22 Å². The second-order valence-electron chi connectivity index (χ2n) is 3.65. The van der Waals surface area contributed by atoms with Crippen LogP contribution in [0.5, 0.6) is 0 Å². The van der Waals surface area contributed by atoms with E-state index in [2.05, 4.69) is 16.6 Å². The van der Waals surface area contributed by atoms with E-state index in [-0.39, 0.29) is 5.78 Å². The minimum absolute atomic E-state index is 0.0291. The molecule has 0 aliphatic carbocycles. The highest BCUT2D eigenvalue weighted by atomic mass is 16.1. The van der Waals surface area contributed by atoms with E-state index in [1.807, 2.05) is 12.1 Å². The van der Waals surface area contributed by atoms with E-state index in [1.165, 1.54) is 0 Å². The molecule has 0 spiro atoms. The molecule has 0 bridgehead atoms. The molecule has 2 aromatic rings. The molecular weight excluding hydrogens is 200 g/mol. The Morgan fingerprint density at radius 2 is 2.00 bits per heavy atom. The largest absolute Gasteiger partial charge is 0.288 e. The molecule has 1 aliphatic heterocycles. The van der Waals surface area contributed by atoms with E-state index in [1.54, 1.807) is 24.5 Å². The summed E-state index contributed by atoms with van der Waals surface area (Å²) >= 11 is 0. The first-order chi connectivity index (χ1) is 7.77. The van der Waals surface area contributed by atoms with Crippen molar-refractivity contribution in [2.45, 2.75) is 0 Å². The number of benzene rings is 1. The number of hydrogen-bond acceptors (Lipinski definition) is 3. The number of fused-ring (bicyclic) bond motifs is 2. The summed E-state index contributed by atoms with van der Waals surface area (Å²) in [4.78, 5) is 20.5. The number of rotatable bonds is 0. The van der Waals surface area contributed by atoms with Crippen LogP contribution >= 0.6 is 0 Å². The molecule has 76 valence electrons. The standard InChI is InChI=1S/C13H8N2O/c1-8-3-2-4-9-12(8)15-11-5-6-14-7-10(11)13(9)16/h2-7H,1H2. The Bertz CT molecular complexity index is 704. The molecule has 0 saturated heterocycles. The molecule has 3 heteroatoms. The lowest BCUT2D eigenvalue weighted by Crippen LogP contribution is -2.32. The normalized spacial score (nSPS) is 12.6. The Hall–Kier alpha value is -2.29. The van der Waals surface area contributed by atoms with Crippen molar-refractivity contribution in [2.24, 2.45) is 4.99 Å². The number of aromatic nitrogens is 1. The predicted octanol–water partition coefficient (Wildman–Crippen LogP) is 0.988. The maximum Gasteiger partial charge on any atom is 0.198 e. The average molecular weight is 208 g/mol. The Balaban J connectivity index is 2.50. The van der Waals surface area contributed by atoms with Gasteiger partial charge in [-0.2, -0.15) is 0 Å². The molecule has 2 heterocycles. The molecule has 0 radical (unpaired) electrons. The van der Waals surface area contributed by atoms with E-state index in [0.29, 0.717) is 22.2 Å². The number of hydrogen-bond donors (Lipinski definition) is 0. The zero-order chi connectivity index (χ0) is 11.1. The zero-order valence-corrected chi connectivity index (χ0v) is 8.47. The van der Waals surface area contributed by atoms with Crippen LogP contribution in [-0.2, 0) is 0 Å². The number of ketones is 1. The summed E-state index contributed by atoms with van der Waals surface area (Å²) in [6, 6.07) is 7.17. The number of pyridine rings is 1. The third kappa shape index (κ3) is 1.11. The first-order valence-corrected chi connectivity index (χ1v) is 4.93. The molecule has 1 aromatic heterocycles. The van der Waals surface area contributed by atoms with Crippen LogP contribution in [-0.4, -0.2) is 10.8 Å². The highest BCUT2D eigenvalue weighted by molar-refractivity contribution is 6.12. The van der Waals surface area contributed by atoms with Gasteiger partial charge in [0.1, 0.15) is 0 Å². The van der Waals surface area contributed by atoms with E-state index in [9.17, 15) is 4.79 Å². The molecule has 0 amide bonds. The number of carbonyl (C=O) groups is 1. The van der Waals surface area contributed by atoms with E-state index in [4.69, 9.17) is 0 Å². The maximum atomic E-state index is 12.1. The van der Waals surface area contributed by atoms with Crippen molar-refractivity contribution in [1.82, 2.24) is 4.98 Å². The maximum absolute atomic E-state index is 12.1. The fraction of sp³-hybridized carbons (Fsp3) is 0. The minimum atomic E-state index is -0.0291. The lowest BCUT2D eigenvalue weighted by molar-refractivity contribution is 0.103. The quantitative estimate of drug-likeness (QED) is 0.553. The van der Waals surface area contributed by atoms with Gasteiger partial charge in [0.15, 0.2) is 5.78 Å². The molecule has 0 fully saturated rings. The lowest BCUT2D eigenvalue weighted by Gasteiger charge is -2.10. The Morgan fingerprint density at radius 1 is 1.12 bits per heavy atom. The van der Waals surface area contributed by atoms with Crippen LogP contribution in [0.4, 0.5) is 5.69 Å². The molecule has 1 aromatic carbocycles. The average Bonchev–Trinajstić information content (AvgIpc) is 2.31. The topological polar surface area (TPSA) is 42.3 Å². The lowest BCUT2D eigenvalue weighted by atomic mass is 9.99. The molecule has 0 saturated carbocycles. The summed E-state index contributed by atoms with van der Waals surface area (Å²) < 4.78 is 0. The first kappa shape index (κ1) is 8.97. The van der Waals surface area contributed by atoms with Crippen molar-refractivity contribution in [3.8, 4) is 0 Å². The second-order valence-corrected chi connectivity index (χ2v) is 3.65. The van der Waals surface area contributed by atoms with E-state index < -0.39 is 0 Å². The second kappa shape index (κ2) is 3.10. The minimum Gasteiger partial charge on any atom is -0.288 e. The van der Waals surface area contributed by atoms with Crippen molar-refractivity contribution in [3.05, 3.63) is 58.4 Å². The molecule has 3 nitrogen and oxygen atoms in total. The monoisotopic (exact) mass is 208 g/mol. The van der Waals surface area contributed by atoms with Gasteiger partial charge in [-0.05, 0) is 17.4 Å². The summed E-state index contributed by atoms with van der Waals surface area (Å²) in [5, 5.41) is 1.44. The highest BCUT2D eigenvalue weighted by Crippen LogP contribution is 2.21. The van der Waals surface area contributed by atoms with Crippen molar-refractivity contribution in [2.75, 3.05) is 0 Å². The molecule has 16 heavy (non-hydrogen) atoms. The Labute approximate surface area is 91.8 Å². The van der Waals surface area contributed by atoms with Gasteiger partial charge in [0.05, 0.1) is 16.6 Å². The summed E-state index contributed by atoms with van der Waals surface area (Å²) in [7, 11) is 0. The van der Waals surface area contributed by atoms with Gasteiger partial charge in [-0.15, -0.1) is 0 Å². The van der Waals surface area contributed by atoms with Crippen LogP contribution in [0, 0.1) is 0 Å². The van der Waals surface area contributed by atoms with Gasteiger partial charge in [-0.3, -0.25) is 9.78 Å². The number of carbonyl (C=O) groups excluding carboxylic acids is 1. The summed E-state index contributed by atoms with van der Waals surface area (Å²) in [5.74, 6) is -0.0291. The third-order valence-electron chi connectivity index (χ3n) is 2.64. The van der Waals surface area contributed by atoms with Gasteiger partial charge in [0.2, 0.25) is 0 Å². The van der Waals surface area contributed by atoms with Gasteiger partial charge in [0, 0.05) is 18.0 Å². The zero-order valence-electron chi connectivity index (χ0n) is 8.47. The number of nitrogens with zero attached hydrogens (tertiary/aromatic N) is 2. The van der Waals surface area contributed by atoms with Crippen LogP contribution in [0.2, 0.25) is 0 Å². The number of para-hydroxylation sites is 1. The first-order valence-electron chi connectivity index (χ1n) is 4.93. The van der Waals surface area contributed by atoms with Crippen molar-refractivity contribution < 1.29 is 4.79 Å². The summed E-state index contributed by atoms with van der Waals surface area (Å²) in [6.07, 6.45) is 3.19. The molecular formula is C13H8N2O.